The van der Waals surface area contributed by atoms with Crippen LogP contribution in [0.25, 0.3) is 0 Å². The van der Waals surface area contributed by atoms with E-state index in [9.17, 15) is 5.11 Å². The fourth-order valence-electron chi connectivity index (χ4n) is 2.69. The third kappa shape index (κ3) is 3.55. The zero-order valence-electron chi connectivity index (χ0n) is 10.6. The molecular formula is C15H23NO. The van der Waals surface area contributed by atoms with E-state index in [-0.39, 0.29) is 12.1 Å². The minimum absolute atomic E-state index is 0.258. The van der Waals surface area contributed by atoms with Gasteiger partial charge in [-0.3, -0.25) is 0 Å². The van der Waals surface area contributed by atoms with Crippen molar-refractivity contribution in [2.45, 2.75) is 44.8 Å². The summed E-state index contributed by atoms with van der Waals surface area (Å²) in [4.78, 5) is 0. The molecule has 1 aliphatic heterocycles. The van der Waals surface area contributed by atoms with Gasteiger partial charge in [0.25, 0.3) is 0 Å². The number of benzene rings is 1. The van der Waals surface area contributed by atoms with Gasteiger partial charge in [-0.25, -0.2) is 0 Å². The summed E-state index contributed by atoms with van der Waals surface area (Å²) in [6.45, 7) is 3.30. The van der Waals surface area contributed by atoms with Crippen molar-refractivity contribution >= 4 is 0 Å². The maximum atomic E-state index is 10.3. The van der Waals surface area contributed by atoms with Gasteiger partial charge in [-0.2, -0.15) is 0 Å². The van der Waals surface area contributed by atoms with E-state index in [0.29, 0.717) is 0 Å². The molecule has 2 heteroatoms. The van der Waals surface area contributed by atoms with Gasteiger partial charge in [-0.05, 0) is 37.3 Å². The highest BCUT2D eigenvalue weighted by Gasteiger charge is 2.25. The molecule has 0 amide bonds. The maximum absolute atomic E-state index is 10.3. The van der Waals surface area contributed by atoms with Crippen LogP contribution in [0.15, 0.2) is 30.3 Å². The third-order valence-electron chi connectivity index (χ3n) is 3.88. The molecule has 1 heterocycles. The fourth-order valence-corrected chi connectivity index (χ4v) is 2.69. The molecular weight excluding hydrogens is 210 g/mol. The molecule has 0 aromatic heterocycles. The van der Waals surface area contributed by atoms with Gasteiger partial charge >= 0.3 is 0 Å². The molecule has 3 unspecified atom stereocenters. The van der Waals surface area contributed by atoms with Crippen LogP contribution in [0, 0.1) is 5.92 Å². The van der Waals surface area contributed by atoms with E-state index < -0.39 is 0 Å². The van der Waals surface area contributed by atoms with Crippen molar-refractivity contribution in [3.8, 4) is 0 Å². The second kappa shape index (κ2) is 6.18. The van der Waals surface area contributed by atoms with Crippen molar-refractivity contribution in [2.75, 3.05) is 6.54 Å². The topological polar surface area (TPSA) is 32.3 Å². The van der Waals surface area contributed by atoms with Crippen molar-refractivity contribution in [1.82, 2.24) is 5.32 Å². The van der Waals surface area contributed by atoms with Gasteiger partial charge in [-0.15, -0.1) is 0 Å². The predicted molar refractivity (Wildman–Crippen MR) is 71.0 cm³/mol. The molecule has 1 saturated heterocycles. The van der Waals surface area contributed by atoms with Crippen LogP contribution in [-0.4, -0.2) is 23.8 Å². The Morgan fingerprint density at radius 3 is 2.82 bits per heavy atom. The lowest BCUT2D eigenvalue weighted by Crippen LogP contribution is -2.46. The molecule has 2 rings (SSSR count). The first kappa shape index (κ1) is 12.6. The quantitative estimate of drug-likeness (QED) is 0.837. The van der Waals surface area contributed by atoms with Crippen molar-refractivity contribution in [2.24, 2.45) is 5.92 Å². The van der Waals surface area contributed by atoms with Gasteiger partial charge in [0.1, 0.15) is 0 Å². The lowest BCUT2D eigenvalue weighted by molar-refractivity contribution is 0.0977. The van der Waals surface area contributed by atoms with Crippen LogP contribution in [-0.2, 0) is 6.42 Å². The fraction of sp³-hybridized carbons (Fsp3) is 0.600. The average Bonchev–Trinajstić information content (AvgIpc) is 2.40. The summed E-state index contributed by atoms with van der Waals surface area (Å²) >= 11 is 0. The Morgan fingerprint density at radius 2 is 2.12 bits per heavy atom. The molecule has 0 radical (unpaired) electrons. The summed E-state index contributed by atoms with van der Waals surface area (Å²) in [6.07, 6.45) is 4.10. The van der Waals surface area contributed by atoms with Gasteiger partial charge in [-0.1, -0.05) is 43.7 Å². The van der Waals surface area contributed by atoms with Gasteiger partial charge < -0.3 is 10.4 Å². The number of rotatable bonds is 4. The molecule has 0 bridgehead atoms. The Balaban J connectivity index is 1.89. The van der Waals surface area contributed by atoms with Gasteiger partial charge in [0.2, 0.25) is 0 Å². The van der Waals surface area contributed by atoms with Gasteiger partial charge in [0, 0.05) is 6.04 Å². The molecule has 0 spiro atoms. The molecule has 0 saturated carbocycles. The third-order valence-corrected chi connectivity index (χ3v) is 3.88. The predicted octanol–water partition coefficient (Wildman–Crippen LogP) is 2.37. The molecule has 1 fully saturated rings. The SMILES string of the molecule is CCC1CCNC(C(O)Cc2ccccc2)C1. The van der Waals surface area contributed by atoms with Crippen LogP contribution in [0.1, 0.15) is 31.7 Å². The van der Waals surface area contributed by atoms with Gasteiger partial charge in [0.15, 0.2) is 0 Å². The molecule has 0 aliphatic carbocycles. The lowest BCUT2D eigenvalue weighted by atomic mass is 9.86. The van der Waals surface area contributed by atoms with E-state index in [1.54, 1.807) is 0 Å². The summed E-state index contributed by atoms with van der Waals surface area (Å²) in [6, 6.07) is 10.5. The van der Waals surface area contributed by atoms with Crippen LogP contribution < -0.4 is 5.32 Å². The summed E-state index contributed by atoms with van der Waals surface area (Å²) in [5.74, 6) is 0.784. The molecule has 1 aromatic rings. The first-order chi connectivity index (χ1) is 8.29. The van der Waals surface area contributed by atoms with Crippen molar-refractivity contribution in [3.05, 3.63) is 35.9 Å². The highest BCUT2D eigenvalue weighted by atomic mass is 16.3. The van der Waals surface area contributed by atoms with Crippen LogP contribution in [0.4, 0.5) is 0 Å². The van der Waals surface area contributed by atoms with Crippen LogP contribution >= 0.6 is 0 Å². The van der Waals surface area contributed by atoms with Crippen molar-refractivity contribution < 1.29 is 5.11 Å². The van der Waals surface area contributed by atoms with Crippen LogP contribution in [0.2, 0.25) is 0 Å². The van der Waals surface area contributed by atoms with Crippen molar-refractivity contribution in [1.29, 1.82) is 0 Å². The van der Waals surface area contributed by atoms with E-state index in [2.05, 4.69) is 24.4 Å². The largest absolute Gasteiger partial charge is 0.391 e. The highest BCUT2D eigenvalue weighted by molar-refractivity contribution is 5.16. The molecule has 1 aliphatic rings. The van der Waals surface area contributed by atoms with E-state index in [1.807, 2.05) is 18.2 Å². The number of nitrogens with one attached hydrogen (secondary N) is 1. The van der Waals surface area contributed by atoms with E-state index in [1.165, 1.54) is 18.4 Å². The Kier molecular flexibility index (Phi) is 4.57. The lowest BCUT2D eigenvalue weighted by Gasteiger charge is -2.33. The standard InChI is InChI=1S/C15H23NO/c1-2-12-8-9-16-14(10-12)15(17)11-13-6-4-3-5-7-13/h3-7,12,14-17H,2,8-11H2,1H3. The van der Waals surface area contributed by atoms with Crippen LogP contribution in [0.5, 0.6) is 0 Å². The Morgan fingerprint density at radius 1 is 1.35 bits per heavy atom. The number of piperidine rings is 1. The molecule has 2 nitrogen and oxygen atoms in total. The monoisotopic (exact) mass is 233 g/mol. The first-order valence-corrected chi connectivity index (χ1v) is 6.75. The van der Waals surface area contributed by atoms with Crippen LogP contribution in [0.3, 0.4) is 0 Å². The zero-order valence-corrected chi connectivity index (χ0v) is 10.6. The Labute approximate surface area is 104 Å². The number of aliphatic hydroxyl groups excluding tert-OH is 1. The maximum Gasteiger partial charge on any atom is 0.0733 e. The Hall–Kier alpha value is -0.860. The molecule has 1 aromatic carbocycles. The minimum Gasteiger partial charge on any atom is -0.391 e. The molecule has 3 atom stereocenters. The molecule has 2 N–H and O–H groups in total. The highest BCUT2D eigenvalue weighted by Crippen LogP contribution is 2.22. The van der Waals surface area contributed by atoms with Gasteiger partial charge in [0.05, 0.1) is 6.10 Å². The summed E-state index contributed by atoms with van der Waals surface area (Å²) in [7, 11) is 0. The molecule has 17 heavy (non-hydrogen) atoms. The Bertz CT molecular complexity index is 325. The van der Waals surface area contributed by atoms with Crippen molar-refractivity contribution in [3.63, 3.8) is 0 Å². The van der Waals surface area contributed by atoms with E-state index >= 15 is 0 Å². The summed E-state index contributed by atoms with van der Waals surface area (Å²) in [5, 5.41) is 13.7. The zero-order chi connectivity index (χ0) is 12.1. The summed E-state index contributed by atoms with van der Waals surface area (Å²) in [5.41, 5.74) is 1.22. The molecule has 94 valence electrons. The second-order valence-electron chi connectivity index (χ2n) is 5.12. The summed E-state index contributed by atoms with van der Waals surface area (Å²) < 4.78 is 0. The first-order valence-electron chi connectivity index (χ1n) is 6.75. The smallest absolute Gasteiger partial charge is 0.0733 e. The van der Waals surface area contributed by atoms with E-state index in [4.69, 9.17) is 0 Å². The number of aliphatic hydroxyl groups is 1. The minimum atomic E-state index is -0.258. The number of hydrogen-bond donors (Lipinski definition) is 2. The average molecular weight is 233 g/mol. The normalized spacial score (nSPS) is 26.7. The second-order valence-corrected chi connectivity index (χ2v) is 5.12. The van der Waals surface area contributed by atoms with E-state index in [0.717, 1.165) is 25.3 Å². The number of hydrogen-bond acceptors (Lipinski definition) is 2.